The normalized spacial score (nSPS) is 8.50. The summed E-state index contributed by atoms with van der Waals surface area (Å²) in [7, 11) is 0. The Hall–Kier alpha value is -0.270. The van der Waals surface area contributed by atoms with Crippen LogP contribution in [0.1, 0.15) is 27.7 Å². The topological polar surface area (TPSA) is 9.23 Å². The molecule has 0 aliphatic carbocycles. The van der Waals surface area contributed by atoms with Gasteiger partial charge in [0.2, 0.25) is 0 Å². The van der Waals surface area contributed by atoms with E-state index < -0.39 is 0 Å². The summed E-state index contributed by atoms with van der Waals surface area (Å²) in [4.78, 5) is 0. The fourth-order valence-electron chi connectivity index (χ4n) is 0.539. The van der Waals surface area contributed by atoms with Gasteiger partial charge in [0.25, 0.3) is 0 Å². The van der Waals surface area contributed by atoms with E-state index in [2.05, 4.69) is 47.4 Å². The van der Waals surface area contributed by atoms with Gasteiger partial charge < -0.3 is 4.74 Å². The van der Waals surface area contributed by atoms with Crippen molar-refractivity contribution < 1.29 is 4.74 Å². The standard InChI is InChI=1S/C8H18O.C2H3Cl.C2H4/c1-7(2)5-9-6-8(3)4;1-2-3;1-2/h7-8H,5-6H2,1-4H3;2H,1H2;1-2H2. The van der Waals surface area contributed by atoms with Crippen LogP contribution < -0.4 is 0 Å². The lowest BCUT2D eigenvalue weighted by molar-refractivity contribution is 0.0886. The molecule has 0 aromatic carbocycles. The summed E-state index contributed by atoms with van der Waals surface area (Å²) < 4.78 is 5.36. The predicted octanol–water partition coefficient (Wildman–Crippen LogP) is 4.49. The van der Waals surface area contributed by atoms with Crippen LogP contribution in [0.4, 0.5) is 0 Å². The van der Waals surface area contributed by atoms with E-state index in [9.17, 15) is 0 Å². The van der Waals surface area contributed by atoms with Crippen molar-refractivity contribution in [1.29, 1.82) is 0 Å². The molecule has 0 atom stereocenters. The summed E-state index contributed by atoms with van der Waals surface area (Å²) in [5.74, 6) is 1.34. The summed E-state index contributed by atoms with van der Waals surface area (Å²) in [5.41, 5.74) is 1.22. The minimum atomic E-state index is 0.670. The van der Waals surface area contributed by atoms with Crippen LogP contribution in [0.3, 0.4) is 0 Å². The Morgan fingerprint density at radius 2 is 1.29 bits per heavy atom. The van der Waals surface area contributed by atoms with Gasteiger partial charge in [-0.3, -0.25) is 0 Å². The van der Waals surface area contributed by atoms with E-state index in [-0.39, 0.29) is 0 Å². The van der Waals surface area contributed by atoms with Crippen molar-refractivity contribution in [2.24, 2.45) is 11.8 Å². The van der Waals surface area contributed by atoms with Crippen LogP contribution in [0.15, 0.2) is 25.3 Å². The summed E-state index contributed by atoms with van der Waals surface area (Å²) >= 11 is 4.76. The molecule has 0 fully saturated rings. The van der Waals surface area contributed by atoms with Gasteiger partial charge in [0.15, 0.2) is 0 Å². The molecular weight excluding hydrogens is 196 g/mol. The first-order valence-corrected chi connectivity index (χ1v) is 5.27. The predicted molar refractivity (Wildman–Crippen MR) is 67.8 cm³/mol. The maximum atomic E-state index is 5.36. The van der Waals surface area contributed by atoms with Crippen LogP contribution in [0.25, 0.3) is 0 Å². The zero-order valence-electron chi connectivity index (χ0n) is 10.1. The van der Waals surface area contributed by atoms with Gasteiger partial charge in [-0.2, -0.15) is 0 Å². The van der Waals surface area contributed by atoms with Crippen molar-refractivity contribution in [3.05, 3.63) is 25.3 Å². The van der Waals surface area contributed by atoms with E-state index >= 15 is 0 Å². The van der Waals surface area contributed by atoms with E-state index in [1.54, 1.807) is 0 Å². The molecule has 0 aromatic rings. The van der Waals surface area contributed by atoms with Crippen LogP contribution in [0.2, 0.25) is 0 Å². The summed E-state index contributed by atoms with van der Waals surface area (Å²) in [6, 6.07) is 0. The highest BCUT2D eigenvalue weighted by molar-refractivity contribution is 6.25. The van der Waals surface area contributed by atoms with Gasteiger partial charge in [0.1, 0.15) is 0 Å². The molecule has 0 radical (unpaired) electrons. The van der Waals surface area contributed by atoms with E-state index in [1.807, 2.05) is 0 Å². The second kappa shape index (κ2) is 18.5. The van der Waals surface area contributed by atoms with E-state index in [0.29, 0.717) is 11.8 Å². The number of hydrogen-bond acceptors (Lipinski definition) is 1. The smallest absolute Gasteiger partial charge is 0.0489 e. The molecule has 0 spiro atoms. The zero-order chi connectivity index (χ0) is 12.0. The molecule has 0 aliphatic heterocycles. The molecule has 0 bridgehead atoms. The first kappa shape index (κ1) is 19.3. The first-order chi connectivity index (χ1) is 6.54. The van der Waals surface area contributed by atoms with Crippen molar-refractivity contribution >= 4 is 11.6 Å². The molecule has 0 N–H and O–H groups in total. The van der Waals surface area contributed by atoms with Crippen molar-refractivity contribution in [1.82, 2.24) is 0 Å². The third-order valence-electron chi connectivity index (χ3n) is 0.902. The molecule has 86 valence electrons. The molecule has 0 amide bonds. The van der Waals surface area contributed by atoms with Gasteiger partial charge in [0.05, 0.1) is 0 Å². The molecule has 0 aromatic heterocycles. The van der Waals surface area contributed by atoms with Crippen molar-refractivity contribution in [3.63, 3.8) is 0 Å². The van der Waals surface area contributed by atoms with E-state index in [1.165, 1.54) is 5.54 Å². The van der Waals surface area contributed by atoms with Gasteiger partial charge in [-0.1, -0.05) is 45.9 Å². The first-order valence-electron chi connectivity index (χ1n) is 4.83. The molecule has 1 nitrogen and oxygen atoms in total. The Kier molecular flexibility index (Phi) is 25.5. The molecule has 2 heteroatoms. The second-order valence-electron chi connectivity index (χ2n) is 3.48. The van der Waals surface area contributed by atoms with Crippen molar-refractivity contribution in [2.45, 2.75) is 27.7 Å². The third kappa shape index (κ3) is 41.1. The Morgan fingerprint density at radius 1 is 1.07 bits per heavy atom. The maximum Gasteiger partial charge on any atom is 0.0489 e. The minimum Gasteiger partial charge on any atom is -0.381 e. The lowest BCUT2D eigenvalue weighted by Crippen LogP contribution is -2.06. The quantitative estimate of drug-likeness (QED) is 0.635. The molecule has 0 unspecified atom stereocenters. The molecule has 0 saturated heterocycles. The number of rotatable bonds is 4. The lowest BCUT2D eigenvalue weighted by atomic mass is 10.2. The van der Waals surface area contributed by atoms with Gasteiger partial charge in [-0.05, 0) is 17.4 Å². The van der Waals surface area contributed by atoms with Crippen LogP contribution in [0.5, 0.6) is 0 Å². The molecule has 0 aliphatic rings. The molecule has 14 heavy (non-hydrogen) atoms. The zero-order valence-corrected chi connectivity index (χ0v) is 10.8. The van der Waals surface area contributed by atoms with Crippen molar-refractivity contribution in [2.75, 3.05) is 13.2 Å². The molecule has 0 rings (SSSR count). The van der Waals surface area contributed by atoms with Gasteiger partial charge in [0, 0.05) is 13.2 Å². The summed E-state index contributed by atoms with van der Waals surface area (Å²) in [6.45, 7) is 19.6. The Balaban J connectivity index is -0.000000205. The Morgan fingerprint density at radius 3 is 1.43 bits per heavy atom. The fraction of sp³-hybridized carbons (Fsp3) is 0.667. The Bertz CT molecular complexity index is 92.5. The average molecular weight is 221 g/mol. The Labute approximate surface area is 94.8 Å². The third-order valence-corrected chi connectivity index (χ3v) is 0.902. The van der Waals surface area contributed by atoms with Crippen LogP contribution >= 0.6 is 11.6 Å². The van der Waals surface area contributed by atoms with Crippen LogP contribution in [-0.2, 0) is 4.74 Å². The second-order valence-corrected chi connectivity index (χ2v) is 3.79. The monoisotopic (exact) mass is 220 g/mol. The van der Waals surface area contributed by atoms with E-state index in [0.717, 1.165) is 13.2 Å². The highest BCUT2D eigenvalue weighted by atomic mass is 35.5. The van der Waals surface area contributed by atoms with E-state index in [4.69, 9.17) is 16.3 Å². The van der Waals surface area contributed by atoms with Crippen LogP contribution in [-0.4, -0.2) is 13.2 Å². The van der Waals surface area contributed by atoms with Crippen molar-refractivity contribution in [3.8, 4) is 0 Å². The summed E-state index contributed by atoms with van der Waals surface area (Å²) in [5, 5.41) is 0. The number of ether oxygens (including phenoxy) is 1. The van der Waals surface area contributed by atoms with Gasteiger partial charge in [-0.15, -0.1) is 13.2 Å². The maximum absolute atomic E-state index is 5.36. The molecule has 0 heterocycles. The molecule has 0 saturated carbocycles. The fourth-order valence-corrected chi connectivity index (χ4v) is 0.539. The lowest BCUT2D eigenvalue weighted by Gasteiger charge is -2.07. The SMILES string of the molecule is C=C.C=CCl.CC(C)COCC(C)C. The highest BCUT2D eigenvalue weighted by Gasteiger charge is 1.95. The number of halogens is 1. The largest absolute Gasteiger partial charge is 0.381 e. The van der Waals surface area contributed by atoms with Gasteiger partial charge in [-0.25, -0.2) is 0 Å². The highest BCUT2D eigenvalue weighted by Crippen LogP contribution is 1.96. The number of hydrogen-bond donors (Lipinski definition) is 0. The minimum absolute atomic E-state index is 0.670. The van der Waals surface area contributed by atoms with Crippen LogP contribution in [0, 0.1) is 11.8 Å². The average Bonchev–Trinajstić information content (AvgIpc) is 2.08. The summed E-state index contributed by atoms with van der Waals surface area (Å²) in [6.07, 6.45) is 0. The van der Waals surface area contributed by atoms with Gasteiger partial charge >= 0.3 is 0 Å². The molecular formula is C12H25ClO.